The normalized spacial score (nSPS) is 18.8. The minimum atomic E-state index is -0.707. The summed E-state index contributed by atoms with van der Waals surface area (Å²) in [5.41, 5.74) is 10.8. The van der Waals surface area contributed by atoms with Crippen molar-refractivity contribution in [3.63, 3.8) is 0 Å². The van der Waals surface area contributed by atoms with Gasteiger partial charge in [-0.1, -0.05) is 12.2 Å². The molecule has 1 aliphatic rings. The smallest absolute Gasteiger partial charge is 0.250 e. The maximum absolute atomic E-state index is 11.8. The third-order valence-corrected chi connectivity index (χ3v) is 4.28. The molecule has 1 aliphatic carbocycles. The molecule has 3 nitrogen and oxygen atoms in total. The van der Waals surface area contributed by atoms with Crippen LogP contribution in [0.15, 0.2) is 34.4 Å². The third-order valence-electron chi connectivity index (χ3n) is 4.28. The van der Waals surface area contributed by atoms with Crippen LogP contribution in [0.4, 0.5) is 0 Å². The van der Waals surface area contributed by atoms with Crippen LogP contribution in [0.5, 0.6) is 0 Å². The highest BCUT2D eigenvalue weighted by atomic mass is 16.5. The van der Waals surface area contributed by atoms with E-state index in [0.29, 0.717) is 0 Å². The Morgan fingerprint density at radius 1 is 1.23 bits per heavy atom. The Kier molecular flexibility index (Phi) is 6.18. The predicted octanol–water partition coefficient (Wildman–Crippen LogP) is 4.44. The van der Waals surface area contributed by atoms with E-state index in [1.54, 1.807) is 0 Å². The molecule has 124 valence electrons. The third kappa shape index (κ3) is 4.84. The lowest BCUT2D eigenvalue weighted by molar-refractivity contribution is -0.135. The van der Waals surface area contributed by atoms with E-state index in [2.05, 4.69) is 13.5 Å². The highest BCUT2D eigenvalue weighted by molar-refractivity contribution is 5.82. The molecule has 1 rings (SSSR count). The summed E-state index contributed by atoms with van der Waals surface area (Å²) >= 11 is 0. The van der Waals surface area contributed by atoms with Crippen molar-refractivity contribution in [3.05, 3.63) is 34.4 Å². The Hall–Kier alpha value is -1.35. The topological polar surface area (TPSA) is 52.3 Å². The summed E-state index contributed by atoms with van der Waals surface area (Å²) in [6, 6.07) is 0. The molecular formula is C19H31NO2. The van der Waals surface area contributed by atoms with Gasteiger partial charge in [-0.3, -0.25) is 4.79 Å². The predicted molar refractivity (Wildman–Crippen MR) is 92.5 cm³/mol. The van der Waals surface area contributed by atoms with Crippen LogP contribution >= 0.6 is 0 Å². The van der Waals surface area contributed by atoms with Crippen molar-refractivity contribution >= 4 is 5.91 Å². The van der Waals surface area contributed by atoms with E-state index in [0.717, 1.165) is 29.6 Å². The number of ether oxygens (including phenoxy) is 1. The molecule has 1 unspecified atom stereocenters. The van der Waals surface area contributed by atoms with Crippen molar-refractivity contribution in [2.45, 2.75) is 78.9 Å². The minimum Gasteiger partial charge on any atom is -0.367 e. The van der Waals surface area contributed by atoms with Gasteiger partial charge < -0.3 is 10.5 Å². The van der Waals surface area contributed by atoms with E-state index in [1.807, 2.05) is 34.6 Å². The van der Waals surface area contributed by atoms with Gasteiger partial charge in [-0.25, -0.2) is 0 Å². The number of amides is 1. The van der Waals surface area contributed by atoms with Crippen LogP contribution in [0.2, 0.25) is 0 Å². The van der Waals surface area contributed by atoms with Crippen LogP contribution in [0.25, 0.3) is 0 Å². The zero-order valence-electron chi connectivity index (χ0n) is 15.0. The fraction of sp³-hybridized carbons (Fsp3) is 0.632. The molecule has 0 aliphatic heterocycles. The molecule has 22 heavy (non-hydrogen) atoms. The Labute approximate surface area is 135 Å². The average molecular weight is 305 g/mol. The van der Waals surface area contributed by atoms with Crippen molar-refractivity contribution in [2.75, 3.05) is 0 Å². The maximum Gasteiger partial charge on any atom is 0.250 e. The molecular weight excluding hydrogens is 274 g/mol. The summed E-state index contributed by atoms with van der Waals surface area (Å²) in [5.74, 6) is -0.450. The Morgan fingerprint density at radius 3 is 2.23 bits per heavy atom. The van der Waals surface area contributed by atoms with Gasteiger partial charge in [0.15, 0.2) is 6.10 Å². The first-order valence-corrected chi connectivity index (χ1v) is 8.07. The monoisotopic (exact) mass is 305 g/mol. The Morgan fingerprint density at radius 2 is 1.77 bits per heavy atom. The number of primary amides is 1. The summed E-state index contributed by atoms with van der Waals surface area (Å²) < 4.78 is 5.86. The van der Waals surface area contributed by atoms with Crippen LogP contribution < -0.4 is 5.73 Å². The van der Waals surface area contributed by atoms with Crippen LogP contribution in [0.1, 0.15) is 67.2 Å². The number of nitrogens with two attached hydrogens (primary N) is 1. The number of allylic oxidation sites excluding steroid dienone is 4. The van der Waals surface area contributed by atoms with Gasteiger partial charge in [0.1, 0.15) is 0 Å². The largest absolute Gasteiger partial charge is 0.367 e. The molecule has 0 aromatic carbocycles. The summed E-state index contributed by atoms with van der Waals surface area (Å²) in [4.78, 5) is 11.8. The van der Waals surface area contributed by atoms with Crippen LogP contribution in [0, 0.1) is 0 Å². The number of rotatable bonds is 5. The molecule has 0 fully saturated rings. The summed E-state index contributed by atoms with van der Waals surface area (Å²) in [6.07, 6.45) is 3.95. The molecule has 0 spiro atoms. The summed E-state index contributed by atoms with van der Waals surface area (Å²) in [5, 5.41) is 0. The van der Waals surface area contributed by atoms with Gasteiger partial charge in [0, 0.05) is 0 Å². The molecule has 0 saturated heterocycles. The molecule has 0 aromatic rings. The van der Waals surface area contributed by atoms with Crippen molar-refractivity contribution in [1.29, 1.82) is 0 Å². The fourth-order valence-electron chi connectivity index (χ4n) is 2.84. The Bertz CT molecular complexity index is 518. The van der Waals surface area contributed by atoms with Crippen LogP contribution in [-0.2, 0) is 9.53 Å². The van der Waals surface area contributed by atoms with Gasteiger partial charge in [0.25, 0.3) is 5.91 Å². The van der Waals surface area contributed by atoms with E-state index in [1.165, 1.54) is 24.0 Å². The van der Waals surface area contributed by atoms with Crippen LogP contribution in [-0.4, -0.2) is 17.6 Å². The van der Waals surface area contributed by atoms with E-state index < -0.39 is 17.6 Å². The fourth-order valence-corrected chi connectivity index (χ4v) is 2.84. The van der Waals surface area contributed by atoms with Crippen LogP contribution in [0.3, 0.4) is 0 Å². The molecule has 3 heteroatoms. The quantitative estimate of drug-likeness (QED) is 0.763. The molecule has 0 bridgehead atoms. The van der Waals surface area contributed by atoms with Crippen molar-refractivity contribution < 1.29 is 9.53 Å². The van der Waals surface area contributed by atoms with Gasteiger partial charge >= 0.3 is 0 Å². The van der Waals surface area contributed by atoms with Gasteiger partial charge in [0.05, 0.1) is 5.60 Å². The standard InChI is InChI=1S/C19H31NO2/c1-12-10-8-9-11-16(12)14(3)13(2)15(4)17(18(20)21)22-19(5,6)7/h17H,3,8-11H2,1-2,4-7H3,(H2,20,21). The van der Waals surface area contributed by atoms with Gasteiger partial charge in [-0.05, 0) is 89.5 Å². The number of carbonyl (C=O) groups is 1. The second kappa shape index (κ2) is 7.28. The van der Waals surface area contributed by atoms with Crippen molar-refractivity contribution in [3.8, 4) is 0 Å². The lowest BCUT2D eigenvalue weighted by atomic mass is 9.84. The zero-order chi connectivity index (χ0) is 17.1. The lowest BCUT2D eigenvalue weighted by Crippen LogP contribution is -2.38. The minimum absolute atomic E-state index is 0.428. The SMILES string of the molecule is C=C(C(C)=C(C)C(OC(C)(C)C)C(N)=O)C1=C(C)CCCC1. The van der Waals surface area contributed by atoms with E-state index in [4.69, 9.17) is 10.5 Å². The molecule has 1 amide bonds. The van der Waals surface area contributed by atoms with E-state index >= 15 is 0 Å². The molecule has 0 radical (unpaired) electrons. The first kappa shape index (κ1) is 18.7. The van der Waals surface area contributed by atoms with Crippen molar-refractivity contribution in [2.24, 2.45) is 5.73 Å². The molecule has 0 heterocycles. The first-order chi connectivity index (χ1) is 10.0. The summed E-state index contributed by atoms with van der Waals surface area (Å²) in [6.45, 7) is 16.1. The van der Waals surface area contributed by atoms with Gasteiger partial charge in [-0.2, -0.15) is 0 Å². The number of hydrogen-bond donors (Lipinski definition) is 1. The van der Waals surface area contributed by atoms with E-state index in [-0.39, 0.29) is 0 Å². The average Bonchev–Trinajstić information content (AvgIpc) is 2.42. The molecule has 0 aromatic heterocycles. The highest BCUT2D eigenvalue weighted by Crippen LogP contribution is 2.34. The van der Waals surface area contributed by atoms with Crippen molar-refractivity contribution in [1.82, 2.24) is 0 Å². The molecule has 1 atom stereocenters. The summed E-state index contributed by atoms with van der Waals surface area (Å²) in [7, 11) is 0. The Balaban J connectivity index is 3.12. The van der Waals surface area contributed by atoms with Gasteiger partial charge in [-0.15, -0.1) is 0 Å². The van der Waals surface area contributed by atoms with E-state index in [9.17, 15) is 4.79 Å². The first-order valence-electron chi connectivity index (χ1n) is 8.07. The molecule has 0 saturated carbocycles. The molecule has 2 N–H and O–H groups in total. The number of hydrogen-bond acceptors (Lipinski definition) is 2. The number of carbonyl (C=O) groups excluding carboxylic acids is 1. The second-order valence-corrected chi connectivity index (χ2v) is 7.27. The van der Waals surface area contributed by atoms with Gasteiger partial charge in [0.2, 0.25) is 0 Å². The zero-order valence-corrected chi connectivity index (χ0v) is 15.0. The second-order valence-electron chi connectivity index (χ2n) is 7.27. The maximum atomic E-state index is 11.8. The lowest BCUT2D eigenvalue weighted by Gasteiger charge is -2.28. The highest BCUT2D eigenvalue weighted by Gasteiger charge is 2.27.